The van der Waals surface area contributed by atoms with Crippen LogP contribution in [-0.4, -0.2) is 30.9 Å². The Labute approximate surface area is 84.4 Å². The summed E-state index contributed by atoms with van der Waals surface area (Å²) in [5.41, 5.74) is 5.62. The smallest absolute Gasteiger partial charge is 0.315 e. The fraction of sp³-hybridized carbons (Fsp3) is 0.778. The van der Waals surface area contributed by atoms with Gasteiger partial charge in [-0.25, -0.2) is 4.79 Å². The second-order valence-electron chi connectivity index (χ2n) is 3.62. The quantitative estimate of drug-likeness (QED) is 0.591. The molecular formula is C9H19N3O2. The molecule has 5 heteroatoms. The van der Waals surface area contributed by atoms with Gasteiger partial charge in [0.1, 0.15) is 6.04 Å². The lowest BCUT2D eigenvalue weighted by atomic mass is 9.97. The Morgan fingerprint density at radius 3 is 2.00 bits per heavy atom. The number of ketones is 1. The number of amides is 2. The van der Waals surface area contributed by atoms with Crippen LogP contribution >= 0.6 is 0 Å². The van der Waals surface area contributed by atoms with Crippen molar-refractivity contribution in [1.29, 1.82) is 0 Å². The molecule has 0 saturated heterocycles. The zero-order valence-electron chi connectivity index (χ0n) is 9.13. The average Bonchev–Trinajstić information content (AvgIpc) is 2.11. The summed E-state index contributed by atoms with van der Waals surface area (Å²) < 4.78 is 0. The van der Waals surface area contributed by atoms with E-state index in [0.717, 1.165) is 0 Å². The van der Waals surface area contributed by atoms with E-state index < -0.39 is 6.04 Å². The van der Waals surface area contributed by atoms with Crippen molar-refractivity contribution in [3.05, 3.63) is 0 Å². The van der Waals surface area contributed by atoms with Gasteiger partial charge in [0.05, 0.1) is 0 Å². The summed E-state index contributed by atoms with van der Waals surface area (Å²) >= 11 is 0. The maximum absolute atomic E-state index is 11.6. The van der Waals surface area contributed by atoms with Crippen LogP contribution in [0.1, 0.15) is 20.8 Å². The lowest BCUT2D eigenvalue weighted by molar-refractivity contribution is -0.124. The zero-order valence-corrected chi connectivity index (χ0v) is 9.13. The van der Waals surface area contributed by atoms with E-state index in [1.54, 1.807) is 20.8 Å². The molecule has 0 aliphatic heterocycles. The van der Waals surface area contributed by atoms with Gasteiger partial charge in [-0.3, -0.25) is 4.79 Å². The first kappa shape index (κ1) is 12.9. The highest BCUT2D eigenvalue weighted by molar-refractivity contribution is 5.90. The lowest BCUT2D eigenvalue weighted by Crippen LogP contribution is -2.54. The molecule has 82 valence electrons. The molecule has 4 N–H and O–H groups in total. The van der Waals surface area contributed by atoms with Crippen molar-refractivity contribution in [2.75, 3.05) is 7.05 Å². The van der Waals surface area contributed by atoms with Crippen molar-refractivity contribution < 1.29 is 9.59 Å². The highest BCUT2D eigenvalue weighted by Crippen LogP contribution is 2.02. The number of urea groups is 1. The van der Waals surface area contributed by atoms with E-state index >= 15 is 0 Å². The van der Waals surface area contributed by atoms with E-state index in [4.69, 9.17) is 5.73 Å². The van der Waals surface area contributed by atoms with Crippen LogP contribution in [-0.2, 0) is 4.79 Å². The van der Waals surface area contributed by atoms with Gasteiger partial charge in [0, 0.05) is 19.0 Å². The minimum absolute atomic E-state index is 0.0522. The van der Waals surface area contributed by atoms with Crippen LogP contribution in [0.5, 0.6) is 0 Å². The largest absolute Gasteiger partial charge is 0.341 e. The normalized spacial score (nSPS) is 14.7. The average molecular weight is 201 g/mol. The third-order valence-corrected chi connectivity index (χ3v) is 1.92. The molecule has 2 atom stereocenters. The van der Waals surface area contributed by atoms with Gasteiger partial charge in [0.25, 0.3) is 0 Å². The van der Waals surface area contributed by atoms with E-state index in [1.807, 2.05) is 0 Å². The summed E-state index contributed by atoms with van der Waals surface area (Å²) in [5.74, 6) is -0.188. The van der Waals surface area contributed by atoms with Crippen LogP contribution in [0.2, 0.25) is 0 Å². The Kier molecular flexibility index (Phi) is 5.15. The van der Waals surface area contributed by atoms with E-state index in [-0.39, 0.29) is 23.8 Å². The van der Waals surface area contributed by atoms with Crippen molar-refractivity contribution in [2.24, 2.45) is 11.7 Å². The molecule has 0 fully saturated rings. The third kappa shape index (κ3) is 3.74. The summed E-state index contributed by atoms with van der Waals surface area (Å²) in [5, 5.41) is 4.91. The van der Waals surface area contributed by atoms with E-state index in [2.05, 4.69) is 10.6 Å². The molecule has 0 spiro atoms. The van der Waals surface area contributed by atoms with Crippen molar-refractivity contribution in [2.45, 2.75) is 32.9 Å². The first-order chi connectivity index (χ1) is 6.40. The van der Waals surface area contributed by atoms with Crippen LogP contribution in [0.25, 0.3) is 0 Å². The first-order valence-corrected chi connectivity index (χ1v) is 4.67. The minimum Gasteiger partial charge on any atom is -0.341 e. The molecule has 0 aromatic carbocycles. The summed E-state index contributed by atoms with van der Waals surface area (Å²) in [6.45, 7) is 5.26. The maximum Gasteiger partial charge on any atom is 0.315 e. The van der Waals surface area contributed by atoms with E-state index in [9.17, 15) is 9.59 Å². The Balaban J connectivity index is 4.45. The van der Waals surface area contributed by atoms with Gasteiger partial charge in [0.2, 0.25) is 0 Å². The number of Topliss-reactive ketones (excluding diaryl/α,β-unsaturated/α-hetero) is 1. The number of hydrogen-bond donors (Lipinski definition) is 3. The second-order valence-corrected chi connectivity index (χ2v) is 3.62. The molecule has 0 radical (unpaired) electrons. The Morgan fingerprint density at radius 2 is 1.71 bits per heavy atom. The van der Waals surface area contributed by atoms with Crippen molar-refractivity contribution in [1.82, 2.24) is 10.6 Å². The molecule has 1 unspecified atom stereocenters. The summed E-state index contributed by atoms with van der Waals surface area (Å²) in [7, 11) is 1.49. The molecule has 0 heterocycles. The molecule has 14 heavy (non-hydrogen) atoms. The summed E-state index contributed by atoms with van der Waals surface area (Å²) in [4.78, 5) is 22.6. The molecule has 0 aliphatic rings. The third-order valence-electron chi connectivity index (χ3n) is 1.92. The van der Waals surface area contributed by atoms with Crippen LogP contribution in [0.4, 0.5) is 4.79 Å². The predicted molar refractivity (Wildman–Crippen MR) is 54.9 cm³/mol. The van der Waals surface area contributed by atoms with Gasteiger partial charge in [-0.1, -0.05) is 13.8 Å². The maximum atomic E-state index is 11.6. The number of carbonyl (C=O) groups is 2. The van der Waals surface area contributed by atoms with Gasteiger partial charge in [-0.15, -0.1) is 0 Å². The zero-order chi connectivity index (χ0) is 11.3. The Bertz CT molecular complexity index is 214. The van der Waals surface area contributed by atoms with Crippen molar-refractivity contribution in [3.63, 3.8) is 0 Å². The second kappa shape index (κ2) is 5.59. The molecule has 5 nitrogen and oxygen atoms in total. The number of carbonyl (C=O) groups excluding carboxylic acids is 2. The van der Waals surface area contributed by atoms with Gasteiger partial charge in [0.15, 0.2) is 5.78 Å². The first-order valence-electron chi connectivity index (χ1n) is 4.67. The van der Waals surface area contributed by atoms with Gasteiger partial charge < -0.3 is 16.4 Å². The molecule has 0 aromatic rings. The van der Waals surface area contributed by atoms with Gasteiger partial charge in [-0.2, -0.15) is 0 Å². The van der Waals surface area contributed by atoms with Crippen LogP contribution < -0.4 is 16.4 Å². The molecule has 0 rings (SSSR count). The standard InChI is InChI=1S/C9H19N3O2/c1-5(2)8(13)7(6(3)10)12-9(14)11-4/h5-7H,10H2,1-4H3,(H2,11,12,14)/t6?,7-/m0/s1. The molecule has 2 amide bonds. The van der Waals surface area contributed by atoms with Crippen molar-refractivity contribution >= 4 is 11.8 Å². The number of rotatable bonds is 4. The van der Waals surface area contributed by atoms with Crippen LogP contribution in [0.3, 0.4) is 0 Å². The topological polar surface area (TPSA) is 84.2 Å². The number of hydrogen-bond acceptors (Lipinski definition) is 3. The summed E-state index contributed by atoms with van der Waals surface area (Å²) in [6, 6.07) is -1.39. The fourth-order valence-corrected chi connectivity index (χ4v) is 1.03. The Hall–Kier alpha value is -1.10. The molecule has 0 aliphatic carbocycles. The lowest BCUT2D eigenvalue weighted by Gasteiger charge is -2.22. The van der Waals surface area contributed by atoms with Crippen molar-refractivity contribution in [3.8, 4) is 0 Å². The highest BCUT2D eigenvalue weighted by atomic mass is 16.2. The monoisotopic (exact) mass is 201 g/mol. The minimum atomic E-state index is -0.616. The number of nitrogens with one attached hydrogen (secondary N) is 2. The summed E-state index contributed by atoms with van der Waals surface area (Å²) in [6.07, 6.45) is 0. The van der Waals surface area contributed by atoms with Gasteiger partial charge in [-0.05, 0) is 6.92 Å². The highest BCUT2D eigenvalue weighted by Gasteiger charge is 2.25. The molecule has 0 bridgehead atoms. The molecule has 0 saturated carbocycles. The molecular weight excluding hydrogens is 182 g/mol. The van der Waals surface area contributed by atoms with E-state index in [1.165, 1.54) is 7.05 Å². The number of nitrogens with two attached hydrogens (primary N) is 1. The Morgan fingerprint density at radius 1 is 1.21 bits per heavy atom. The van der Waals surface area contributed by atoms with Crippen LogP contribution in [0.15, 0.2) is 0 Å². The van der Waals surface area contributed by atoms with Gasteiger partial charge >= 0.3 is 6.03 Å². The predicted octanol–water partition coefficient (Wildman–Crippen LogP) is -0.144. The SMILES string of the molecule is CNC(=O)N[C@H](C(=O)C(C)C)C(C)N. The molecule has 0 aromatic heterocycles. The van der Waals surface area contributed by atoms with Crippen LogP contribution in [0, 0.1) is 5.92 Å². The van der Waals surface area contributed by atoms with E-state index in [0.29, 0.717) is 0 Å². The fourth-order valence-electron chi connectivity index (χ4n) is 1.03.